The van der Waals surface area contributed by atoms with Gasteiger partial charge >= 0.3 is 12.1 Å². The van der Waals surface area contributed by atoms with Gasteiger partial charge in [-0.2, -0.15) is 5.01 Å². The van der Waals surface area contributed by atoms with E-state index in [1.54, 1.807) is 6.92 Å². The van der Waals surface area contributed by atoms with Crippen molar-refractivity contribution < 1.29 is 9.59 Å². The Hall–Kier alpha value is -0.950. The maximum atomic E-state index is 11.2. The number of carbonyl (C=O) groups is 2. The molecule has 1 rings (SSSR count). The minimum atomic E-state index is -0.489. The number of amides is 4. The van der Waals surface area contributed by atoms with Crippen LogP contribution in [0.15, 0.2) is 0 Å². The van der Waals surface area contributed by atoms with E-state index in [9.17, 15) is 9.59 Å². The van der Waals surface area contributed by atoms with Gasteiger partial charge in [0.25, 0.3) is 0 Å². The highest BCUT2D eigenvalue weighted by atomic mass is 32.1. The van der Waals surface area contributed by atoms with Gasteiger partial charge in [0.1, 0.15) is 6.17 Å². The largest absolute Gasteiger partial charge is 0.354 e. The minimum absolute atomic E-state index is 0.391. The first kappa shape index (κ1) is 9.14. The van der Waals surface area contributed by atoms with Gasteiger partial charge in [0.2, 0.25) is 0 Å². The number of urea groups is 2. The first-order chi connectivity index (χ1) is 5.57. The third kappa shape index (κ3) is 1.32. The van der Waals surface area contributed by atoms with E-state index >= 15 is 0 Å². The van der Waals surface area contributed by atoms with Crippen LogP contribution in [0, 0.1) is 0 Å². The molecule has 0 aromatic carbocycles. The van der Waals surface area contributed by atoms with Crippen LogP contribution >= 0.6 is 12.8 Å². The lowest BCUT2D eigenvalue weighted by molar-refractivity contribution is 0.129. The van der Waals surface area contributed by atoms with Crippen molar-refractivity contribution in [3.8, 4) is 0 Å². The standard InChI is InChI=1S/C5H10N4O2S/c1-3-7-4(10)8(6-2)5(11)9(3)12/h3,6,12H,1-2H3,(H,7,10). The van der Waals surface area contributed by atoms with Crippen molar-refractivity contribution in [1.82, 2.24) is 20.1 Å². The summed E-state index contributed by atoms with van der Waals surface area (Å²) in [6, 6.07) is -0.961. The number of hydrazine groups is 1. The van der Waals surface area contributed by atoms with Gasteiger partial charge in [-0.3, -0.25) is 0 Å². The molecular formula is C5H10N4O2S. The summed E-state index contributed by atoms with van der Waals surface area (Å²) in [5, 5.41) is 3.35. The lowest BCUT2D eigenvalue weighted by Gasteiger charge is -2.35. The predicted molar refractivity (Wildman–Crippen MR) is 45.1 cm³/mol. The van der Waals surface area contributed by atoms with E-state index in [1.165, 1.54) is 7.05 Å². The quantitative estimate of drug-likeness (QED) is 0.500. The summed E-state index contributed by atoms with van der Waals surface area (Å²) in [4.78, 5) is 22.3. The Morgan fingerprint density at radius 2 is 2.17 bits per heavy atom. The molecule has 1 atom stereocenters. The normalized spacial score (nSPS) is 24.4. The van der Waals surface area contributed by atoms with Crippen LogP contribution < -0.4 is 10.7 Å². The summed E-state index contributed by atoms with van der Waals surface area (Å²) in [7, 11) is 1.48. The number of thiol groups is 1. The van der Waals surface area contributed by atoms with E-state index in [4.69, 9.17) is 0 Å². The van der Waals surface area contributed by atoms with Gasteiger partial charge in [0.05, 0.1) is 0 Å². The van der Waals surface area contributed by atoms with Crippen LogP contribution in [0.1, 0.15) is 6.92 Å². The molecular weight excluding hydrogens is 180 g/mol. The van der Waals surface area contributed by atoms with Crippen LogP contribution in [-0.2, 0) is 0 Å². The van der Waals surface area contributed by atoms with Crippen LogP contribution in [0.3, 0.4) is 0 Å². The molecule has 0 spiro atoms. The van der Waals surface area contributed by atoms with Crippen LogP contribution in [0.4, 0.5) is 9.59 Å². The molecule has 1 heterocycles. The number of nitrogens with zero attached hydrogens (tertiary/aromatic N) is 2. The molecule has 2 N–H and O–H groups in total. The highest BCUT2D eigenvalue weighted by Gasteiger charge is 2.33. The van der Waals surface area contributed by atoms with Gasteiger partial charge in [-0.1, -0.05) is 12.8 Å². The van der Waals surface area contributed by atoms with Crippen molar-refractivity contribution in [1.29, 1.82) is 0 Å². The average molecular weight is 190 g/mol. The van der Waals surface area contributed by atoms with E-state index in [0.29, 0.717) is 0 Å². The number of hydrogen-bond donors (Lipinski definition) is 3. The van der Waals surface area contributed by atoms with E-state index in [0.717, 1.165) is 9.31 Å². The molecule has 0 aliphatic carbocycles. The number of hydrogen-bond acceptors (Lipinski definition) is 4. The first-order valence-corrected chi connectivity index (χ1v) is 3.78. The summed E-state index contributed by atoms with van der Waals surface area (Å²) in [6.07, 6.45) is -0.391. The van der Waals surface area contributed by atoms with Crippen LogP contribution in [0.5, 0.6) is 0 Å². The Morgan fingerprint density at radius 1 is 1.58 bits per heavy atom. The fourth-order valence-corrected chi connectivity index (χ4v) is 1.00. The van der Waals surface area contributed by atoms with Crippen molar-refractivity contribution in [3.63, 3.8) is 0 Å². The molecule has 12 heavy (non-hydrogen) atoms. The third-order valence-corrected chi connectivity index (χ3v) is 2.03. The van der Waals surface area contributed by atoms with Crippen LogP contribution in [-0.4, -0.2) is 34.6 Å². The Labute approximate surface area is 75.4 Å². The van der Waals surface area contributed by atoms with Crippen molar-refractivity contribution in [2.45, 2.75) is 13.1 Å². The zero-order valence-corrected chi connectivity index (χ0v) is 7.63. The van der Waals surface area contributed by atoms with Crippen molar-refractivity contribution >= 4 is 24.9 Å². The molecule has 7 heteroatoms. The molecule has 6 nitrogen and oxygen atoms in total. The van der Waals surface area contributed by atoms with Gasteiger partial charge in [-0.25, -0.2) is 19.3 Å². The van der Waals surface area contributed by atoms with Crippen molar-refractivity contribution in [3.05, 3.63) is 0 Å². The molecule has 0 bridgehead atoms. The number of carbonyl (C=O) groups excluding carboxylic acids is 2. The Morgan fingerprint density at radius 3 is 2.67 bits per heavy atom. The van der Waals surface area contributed by atoms with E-state index in [2.05, 4.69) is 23.6 Å². The number of rotatable bonds is 1. The van der Waals surface area contributed by atoms with E-state index in [-0.39, 0.29) is 0 Å². The summed E-state index contributed by atoms with van der Waals surface area (Å²) in [6.45, 7) is 1.66. The van der Waals surface area contributed by atoms with Crippen LogP contribution in [0.2, 0.25) is 0 Å². The fraction of sp³-hybridized carbons (Fsp3) is 0.600. The van der Waals surface area contributed by atoms with Crippen molar-refractivity contribution in [2.24, 2.45) is 0 Å². The highest BCUT2D eigenvalue weighted by Crippen LogP contribution is 2.09. The van der Waals surface area contributed by atoms with Gasteiger partial charge in [0.15, 0.2) is 0 Å². The molecule has 0 radical (unpaired) electrons. The Kier molecular flexibility index (Phi) is 2.43. The molecule has 1 aliphatic heterocycles. The van der Waals surface area contributed by atoms with Crippen LogP contribution in [0.25, 0.3) is 0 Å². The smallest absolute Gasteiger partial charge is 0.315 e. The molecule has 0 aromatic rings. The lowest BCUT2D eigenvalue weighted by Crippen LogP contribution is -2.64. The predicted octanol–water partition coefficient (Wildman–Crippen LogP) is -0.241. The molecule has 0 aromatic heterocycles. The molecule has 68 valence electrons. The minimum Gasteiger partial charge on any atom is -0.315 e. The summed E-state index contributed by atoms with van der Waals surface area (Å²) >= 11 is 3.89. The maximum Gasteiger partial charge on any atom is 0.354 e. The van der Waals surface area contributed by atoms with E-state index in [1.807, 2.05) is 0 Å². The van der Waals surface area contributed by atoms with Gasteiger partial charge in [0, 0.05) is 7.05 Å². The molecule has 0 saturated carbocycles. The third-order valence-electron chi connectivity index (χ3n) is 1.51. The summed E-state index contributed by atoms with van der Waals surface area (Å²) in [5.41, 5.74) is 2.44. The summed E-state index contributed by atoms with van der Waals surface area (Å²) in [5.74, 6) is 0. The average Bonchev–Trinajstić information content (AvgIpc) is 2.01. The molecule has 1 fully saturated rings. The highest BCUT2D eigenvalue weighted by molar-refractivity contribution is 7.78. The monoisotopic (exact) mass is 190 g/mol. The Balaban J connectivity index is 2.79. The van der Waals surface area contributed by atoms with Gasteiger partial charge in [-0.05, 0) is 6.92 Å². The lowest BCUT2D eigenvalue weighted by atomic mass is 10.5. The molecule has 1 saturated heterocycles. The number of nitrogens with one attached hydrogen (secondary N) is 2. The number of imide groups is 1. The van der Waals surface area contributed by atoms with Crippen molar-refractivity contribution in [2.75, 3.05) is 7.05 Å². The fourth-order valence-electron chi connectivity index (χ4n) is 0.857. The molecule has 4 amide bonds. The molecule has 1 aliphatic rings. The van der Waals surface area contributed by atoms with Gasteiger partial charge < -0.3 is 5.32 Å². The topological polar surface area (TPSA) is 64.7 Å². The maximum absolute atomic E-state index is 11.2. The second-order valence-corrected chi connectivity index (χ2v) is 2.74. The second kappa shape index (κ2) is 3.20. The van der Waals surface area contributed by atoms with Gasteiger partial charge in [-0.15, -0.1) is 0 Å². The SMILES string of the molecule is CNN1C(=O)NC(C)N(S)C1=O. The first-order valence-electron chi connectivity index (χ1n) is 3.38. The van der Waals surface area contributed by atoms with E-state index < -0.39 is 18.2 Å². The zero-order chi connectivity index (χ0) is 9.30. The zero-order valence-electron chi connectivity index (χ0n) is 6.74. The Bertz CT molecular complexity index is 221. The summed E-state index contributed by atoms with van der Waals surface area (Å²) < 4.78 is 1.12. The molecule has 1 unspecified atom stereocenters. The second-order valence-electron chi connectivity index (χ2n) is 2.31.